The molecule has 1 atom stereocenters. The predicted molar refractivity (Wildman–Crippen MR) is 136 cm³/mol. The number of benzene rings is 2. The van der Waals surface area contributed by atoms with Gasteiger partial charge in [0, 0.05) is 23.9 Å². The van der Waals surface area contributed by atoms with Gasteiger partial charge in [0.25, 0.3) is 5.78 Å². The van der Waals surface area contributed by atoms with Crippen LogP contribution in [0.1, 0.15) is 17.3 Å². The highest BCUT2D eigenvalue weighted by Gasteiger charge is 2.49. The van der Waals surface area contributed by atoms with Crippen LogP contribution in [-0.4, -0.2) is 53.1 Å². The van der Waals surface area contributed by atoms with Crippen molar-refractivity contribution in [2.24, 2.45) is 0 Å². The Hall–Kier alpha value is -4.57. The van der Waals surface area contributed by atoms with Crippen LogP contribution in [0.15, 0.2) is 60.3 Å². The fraction of sp³-hybridized carbons (Fsp3) is 0.154. The van der Waals surface area contributed by atoms with Crippen LogP contribution in [0.4, 0.5) is 5.95 Å². The highest BCUT2D eigenvalue weighted by Crippen LogP contribution is 2.42. The van der Waals surface area contributed by atoms with Crippen molar-refractivity contribution >= 4 is 46.0 Å². The van der Waals surface area contributed by atoms with Gasteiger partial charge in [-0.1, -0.05) is 17.7 Å². The van der Waals surface area contributed by atoms with Crippen molar-refractivity contribution in [2.75, 3.05) is 26.2 Å². The normalized spacial score (nSPS) is 16.9. The lowest BCUT2D eigenvalue weighted by atomic mass is 9.98. The predicted octanol–water partition coefficient (Wildman–Crippen LogP) is 4.26. The van der Waals surface area contributed by atoms with Gasteiger partial charge in [-0.2, -0.15) is 0 Å². The second kappa shape index (κ2) is 9.47. The number of nitrogens with one attached hydrogen (secondary N) is 1. The number of aromatic amines is 1. The van der Waals surface area contributed by atoms with Crippen LogP contribution in [0.25, 0.3) is 16.8 Å². The van der Waals surface area contributed by atoms with Gasteiger partial charge in [0.15, 0.2) is 11.5 Å². The third-order valence-corrected chi connectivity index (χ3v) is 6.35. The van der Waals surface area contributed by atoms with Crippen molar-refractivity contribution in [2.45, 2.75) is 6.04 Å². The highest BCUT2D eigenvalue weighted by molar-refractivity contribution is 6.51. The molecule has 10 nitrogen and oxygen atoms in total. The van der Waals surface area contributed by atoms with E-state index in [1.54, 1.807) is 30.3 Å². The maximum atomic E-state index is 13.4. The number of nitrogens with zero attached hydrogens (tertiary/aromatic N) is 3. The molecule has 2 aromatic carbocycles. The Morgan fingerprint density at radius 3 is 2.41 bits per heavy atom. The Morgan fingerprint density at radius 2 is 1.73 bits per heavy atom. The lowest BCUT2D eigenvalue weighted by Crippen LogP contribution is -2.30. The zero-order chi connectivity index (χ0) is 26.3. The number of methoxy groups -OCH3 is 3. The van der Waals surface area contributed by atoms with Gasteiger partial charge in [-0.05, 0) is 30.3 Å². The van der Waals surface area contributed by atoms with Crippen LogP contribution in [0.5, 0.6) is 17.2 Å². The van der Waals surface area contributed by atoms with Crippen molar-refractivity contribution < 1.29 is 28.9 Å². The summed E-state index contributed by atoms with van der Waals surface area (Å²) in [5.74, 6) is -0.858. The van der Waals surface area contributed by atoms with E-state index in [-0.39, 0.29) is 17.1 Å². The van der Waals surface area contributed by atoms with E-state index in [1.807, 2.05) is 0 Å². The average Bonchev–Trinajstić information content (AvgIpc) is 3.45. The molecule has 2 N–H and O–H groups in total. The number of ether oxygens (including phenoxy) is 3. The number of amides is 1. The van der Waals surface area contributed by atoms with Crippen LogP contribution >= 0.6 is 11.6 Å². The van der Waals surface area contributed by atoms with E-state index in [0.717, 1.165) is 0 Å². The fourth-order valence-electron chi connectivity index (χ4n) is 4.27. The number of imidazole rings is 1. The van der Waals surface area contributed by atoms with E-state index in [9.17, 15) is 14.7 Å². The molecule has 1 aliphatic rings. The number of pyridine rings is 1. The summed E-state index contributed by atoms with van der Waals surface area (Å²) >= 11 is 6.13. The summed E-state index contributed by atoms with van der Waals surface area (Å²) in [6.45, 7) is 0. The van der Waals surface area contributed by atoms with Gasteiger partial charge in [0.2, 0.25) is 5.95 Å². The van der Waals surface area contributed by atoms with Gasteiger partial charge >= 0.3 is 5.91 Å². The molecule has 0 bridgehead atoms. The molecule has 0 saturated carbocycles. The Kier molecular flexibility index (Phi) is 6.18. The molecule has 0 radical (unpaired) electrons. The first-order chi connectivity index (χ1) is 17.9. The second-order valence-electron chi connectivity index (χ2n) is 8.06. The van der Waals surface area contributed by atoms with Gasteiger partial charge in [0.1, 0.15) is 17.6 Å². The molecule has 188 valence electrons. The number of rotatable bonds is 6. The molecule has 11 heteroatoms. The third kappa shape index (κ3) is 4.01. The molecule has 0 spiro atoms. The fourth-order valence-corrected chi connectivity index (χ4v) is 4.46. The molecule has 3 heterocycles. The van der Waals surface area contributed by atoms with Crippen LogP contribution in [0.2, 0.25) is 5.02 Å². The number of aliphatic hydroxyl groups excluding tert-OH is 1. The number of aliphatic hydroxyl groups is 1. The molecule has 4 aromatic rings. The molecule has 1 aliphatic heterocycles. The average molecular weight is 521 g/mol. The van der Waals surface area contributed by atoms with Crippen LogP contribution in [0.3, 0.4) is 0 Å². The van der Waals surface area contributed by atoms with Crippen LogP contribution < -0.4 is 19.1 Å². The van der Waals surface area contributed by atoms with Gasteiger partial charge in [0.05, 0.1) is 48.7 Å². The minimum atomic E-state index is -1.06. The largest absolute Gasteiger partial charge is 0.507 e. The van der Waals surface area contributed by atoms with Crippen LogP contribution in [-0.2, 0) is 9.59 Å². The minimum Gasteiger partial charge on any atom is -0.507 e. The highest BCUT2D eigenvalue weighted by atomic mass is 35.5. The van der Waals surface area contributed by atoms with Crippen molar-refractivity contribution in [3.8, 4) is 17.2 Å². The summed E-state index contributed by atoms with van der Waals surface area (Å²) in [6.07, 6.45) is 1.54. The zero-order valence-corrected chi connectivity index (χ0v) is 20.7. The third-order valence-electron chi connectivity index (χ3n) is 6.04. The summed E-state index contributed by atoms with van der Waals surface area (Å²) in [5.41, 5.74) is 1.50. The summed E-state index contributed by atoms with van der Waals surface area (Å²) in [6, 6.07) is 11.9. The standard InChI is InChI=1S/C26H21ClN4O6/c1-35-18-10-13(7-8-14(18)27)23(32)21-22(15-6-4-5-9-28-15)31(25(34)24(21)33)26-29-16-11-19(36-2)20(37-3)12-17(16)30-26/h4-12,22,32H,1-3H3,(H,29,30)/b23-21+. The number of anilines is 1. The second-order valence-corrected chi connectivity index (χ2v) is 8.46. The molecule has 1 unspecified atom stereocenters. The van der Waals surface area contributed by atoms with Crippen molar-refractivity contribution in [1.82, 2.24) is 15.0 Å². The van der Waals surface area contributed by atoms with Crippen molar-refractivity contribution in [3.63, 3.8) is 0 Å². The first-order valence-corrected chi connectivity index (χ1v) is 11.4. The Morgan fingerprint density at radius 1 is 1.00 bits per heavy atom. The number of Topliss-reactive ketones (excluding diaryl/α,β-unsaturated/α-hetero) is 1. The summed E-state index contributed by atoms with van der Waals surface area (Å²) in [7, 11) is 4.44. The number of hydrogen-bond acceptors (Lipinski definition) is 8. The van der Waals surface area contributed by atoms with Gasteiger partial charge in [-0.3, -0.25) is 19.5 Å². The number of carbonyl (C=O) groups excluding carboxylic acids is 2. The molecule has 1 amide bonds. The molecule has 0 aliphatic carbocycles. The van der Waals surface area contributed by atoms with Crippen molar-refractivity contribution in [3.05, 3.63) is 76.6 Å². The van der Waals surface area contributed by atoms with E-state index >= 15 is 0 Å². The first-order valence-electron chi connectivity index (χ1n) is 11.1. The lowest BCUT2D eigenvalue weighted by molar-refractivity contribution is -0.132. The monoisotopic (exact) mass is 520 g/mol. The number of fused-ring (bicyclic) bond motifs is 1. The van der Waals surface area contributed by atoms with Crippen LogP contribution in [0, 0.1) is 0 Å². The topological polar surface area (TPSA) is 127 Å². The Balaban J connectivity index is 1.71. The zero-order valence-electron chi connectivity index (χ0n) is 20.0. The van der Waals surface area contributed by atoms with E-state index < -0.39 is 23.5 Å². The molecular formula is C26H21ClN4O6. The smallest absolute Gasteiger partial charge is 0.302 e. The summed E-state index contributed by atoms with van der Waals surface area (Å²) in [4.78, 5) is 39.9. The molecular weight excluding hydrogens is 500 g/mol. The minimum absolute atomic E-state index is 0.0933. The van der Waals surface area contributed by atoms with E-state index in [0.29, 0.717) is 39.0 Å². The molecule has 37 heavy (non-hydrogen) atoms. The Labute approximate surface area is 216 Å². The summed E-state index contributed by atoms with van der Waals surface area (Å²) in [5, 5.41) is 11.6. The number of ketones is 1. The molecule has 1 fully saturated rings. The van der Waals surface area contributed by atoms with Gasteiger partial charge in [-0.25, -0.2) is 4.98 Å². The SMILES string of the molecule is COc1cc(/C(O)=C2\C(=O)C(=O)N(c3nc4cc(OC)c(OC)cc4[nH]3)C2c2ccccn2)ccc1Cl. The van der Waals surface area contributed by atoms with E-state index in [4.69, 9.17) is 25.8 Å². The number of H-pyrrole nitrogens is 1. The number of hydrogen-bond donors (Lipinski definition) is 2. The number of aromatic nitrogens is 3. The molecule has 2 aromatic heterocycles. The van der Waals surface area contributed by atoms with E-state index in [2.05, 4.69) is 15.0 Å². The number of halogens is 1. The first kappa shape index (κ1) is 24.1. The maximum absolute atomic E-state index is 13.4. The molecule has 5 rings (SSSR count). The Bertz CT molecular complexity index is 1530. The molecule has 1 saturated heterocycles. The lowest BCUT2D eigenvalue weighted by Gasteiger charge is -2.22. The van der Waals surface area contributed by atoms with Gasteiger partial charge in [-0.15, -0.1) is 0 Å². The quantitative estimate of drug-likeness (QED) is 0.219. The van der Waals surface area contributed by atoms with Crippen molar-refractivity contribution in [1.29, 1.82) is 0 Å². The maximum Gasteiger partial charge on any atom is 0.302 e. The number of carbonyl (C=O) groups is 2. The van der Waals surface area contributed by atoms with E-state index in [1.165, 1.54) is 50.6 Å². The summed E-state index contributed by atoms with van der Waals surface area (Å²) < 4.78 is 15.9. The van der Waals surface area contributed by atoms with Gasteiger partial charge < -0.3 is 24.3 Å².